The predicted molar refractivity (Wildman–Crippen MR) is 82.6 cm³/mol. The van der Waals surface area contributed by atoms with Crippen LogP contribution in [0.3, 0.4) is 0 Å². The van der Waals surface area contributed by atoms with Crippen molar-refractivity contribution in [1.29, 1.82) is 0 Å². The minimum atomic E-state index is -0.276. The van der Waals surface area contributed by atoms with Gasteiger partial charge in [0.2, 0.25) is 0 Å². The number of hydrogen-bond acceptors (Lipinski definition) is 2. The second kappa shape index (κ2) is 5.82. The summed E-state index contributed by atoms with van der Waals surface area (Å²) in [6, 6.07) is 7.74. The van der Waals surface area contributed by atoms with Gasteiger partial charge in [0.15, 0.2) is 0 Å². The van der Waals surface area contributed by atoms with E-state index in [1.807, 2.05) is 24.3 Å². The van der Waals surface area contributed by atoms with Gasteiger partial charge in [-0.15, -0.1) is 0 Å². The van der Waals surface area contributed by atoms with Gasteiger partial charge in [0, 0.05) is 0 Å². The molecule has 108 valence electrons. The highest BCUT2D eigenvalue weighted by molar-refractivity contribution is 5.89. The third-order valence-electron chi connectivity index (χ3n) is 4.31. The van der Waals surface area contributed by atoms with E-state index in [9.17, 15) is 4.79 Å². The Morgan fingerprint density at radius 2 is 1.85 bits per heavy atom. The average molecular weight is 272 g/mol. The van der Waals surface area contributed by atoms with Gasteiger partial charge >= 0.3 is 5.97 Å². The largest absolute Gasteiger partial charge is 0.465 e. The van der Waals surface area contributed by atoms with Crippen molar-refractivity contribution < 1.29 is 9.53 Å². The zero-order valence-electron chi connectivity index (χ0n) is 12.9. The van der Waals surface area contributed by atoms with Crippen molar-refractivity contribution in [2.45, 2.75) is 40.0 Å². The van der Waals surface area contributed by atoms with Crippen LogP contribution in [0.15, 0.2) is 30.3 Å². The van der Waals surface area contributed by atoms with E-state index in [0.29, 0.717) is 11.0 Å². The number of rotatable bonds is 2. The maximum Gasteiger partial charge on any atom is 0.337 e. The molecule has 2 heteroatoms. The van der Waals surface area contributed by atoms with Crippen LogP contribution in [0.2, 0.25) is 0 Å². The molecule has 0 saturated heterocycles. The molecule has 0 heterocycles. The molecule has 0 aliphatic heterocycles. The summed E-state index contributed by atoms with van der Waals surface area (Å²) in [5.74, 6) is 0.488. The molecule has 2 rings (SSSR count). The summed E-state index contributed by atoms with van der Waals surface area (Å²) in [5, 5.41) is 0. The van der Waals surface area contributed by atoms with Crippen molar-refractivity contribution in [2.75, 3.05) is 7.11 Å². The van der Waals surface area contributed by atoms with E-state index in [0.717, 1.165) is 18.8 Å². The number of esters is 1. The first-order valence-corrected chi connectivity index (χ1v) is 7.29. The van der Waals surface area contributed by atoms with E-state index < -0.39 is 0 Å². The van der Waals surface area contributed by atoms with E-state index in [4.69, 9.17) is 4.74 Å². The van der Waals surface area contributed by atoms with E-state index in [-0.39, 0.29) is 5.97 Å². The second-order valence-electron chi connectivity index (χ2n) is 6.64. The third-order valence-corrected chi connectivity index (χ3v) is 4.31. The molecule has 20 heavy (non-hydrogen) atoms. The zero-order chi connectivity index (χ0) is 14.8. The molecule has 0 fully saturated rings. The Morgan fingerprint density at radius 1 is 1.20 bits per heavy atom. The quantitative estimate of drug-likeness (QED) is 0.729. The lowest BCUT2D eigenvalue weighted by Crippen LogP contribution is -2.21. The van der Waals surface area contributed by atoms with E-state index >= 15 is 0 Å². The van der Waals surface area contributed by atoms with Crippen LogP contribution in [-0.4, -0.2) is 13.1 Å². The molecule has 1 atom stereocenters. The average Bonchev–Trinajstić information content (AvgIpc) is 2.46. The van der Waals surface area contributed by atoms with Gasteiger partial charge in [-0.25, -0.2) is 4.79 Å². The van der Waals surface area contributed by atoms with Crippen LogP contribution in [0.1, 0.15) is 56.0 Å². The molecule has 0 amide bonds. The van der Waals surface area contributed by atoms with Crippen molar-refractivity contribution in [2.24, 2.45) is 11.3 Å². The maximum absolute atomic E-state index is 11.4. The fourth-order valence-electron chi connectivity index (χ4n) is 2.82. The summed E-state index contributed by atoms with van der Waals surface area (Å²) in [6.07, 6.45) is 5.89. The Balaban J connectivity index is 2.10. The number of methoxy groups -OCH3 is 1. The summed E-state index contributed by atoms with van der Waals surface area (Å²) in [5.41, 5.74) is 3.63. The van der Waals surface area contributed by atoms with Gasteiger partial charge in [0.1, 0.15) is 0 Å². The van der Waals surface area contributed by atoms with Crippen LogP contribution in [0.25, 0.3) is 5.57 Å². The normalized spacial score (nSPS) is 19.4. The maximum atomic E-state index is 11.4. The Morgan fingerprint density at radius 3 is 2.30 bits per heavy atom. The number of hydrogen-bond donors (Lipinski definition) is 0. The Bertz CT molecular complexity index is 503. The van der Waals surface area contributed by atoms with Crippen molar-refractivity contribution >= 4 is 11.5 Å². The van der Waals surface area contributed by atoms with Crippen molar-refractivity contribution in [3.05, 3.63) is 41.5 Å². The zero-order valence-corrected chi connectivity index (χ0v) is 12.9. The summed E-state index contributed by atoms with van der Waals surface area (Å²) >= 11 is 0. The first kappa shape index (κ1) is 14.8. The number of allylic oxidation sites excluding steroid dienone is 2. The monoisotopic (exact) mass is 272 g/mol. The van der Waals surface area contributed by atoms with Gasteiger partial charge in [-0.1, -0.05) is 39.0 Å². The van der Waals surface area contributed by atoms with Crippen molar-refractivity contribution in [1.82, 2.24) is 0 Å². The Kier molecular flexibility index (Phi) is 4.32. The van der Waals surface area contributed by atoms with Gasteiger partial charge < -0.3 is 4.74 Å². The van der Waals surface area contributed by atoms with E-state index in [2.05, 4.69) is 26.8 Å². The second-order valence-corrected chi connectivity index (χ2v) is 6.64. The highest BCUT2D eigenvalue weighted by Gasteiger charge is 2.26. The molecule has 1 aromatic carbocycles. The first-order chi connectivity index (χ1) is 9.41. The molecule has 0 spiro atoms. The number of ether oxygens (including phenoxy) is 1. The predicted octanol–water partition coefficient (Wildman–Crippen LogP) is 4.70. The molecule has 1 aliphatic rings. The van der Waals surface area contributed by atoms with Crippen LogP contribution in [-0.2, 0) is 4.74 Å². The standard InChI is InChI=1S/C18H24O2/c1-18(2,3)16-11-9-14(10-12-16)13-5-7-15(8-6-13)17(19)20-4/h5-9,16H,10-12H2,1-4H3. The lowest BCUT2D eigenvalue weighted by Gasteiger charge is -2.33. The molecule has 0 bridgehead atoms. The lowest BCUT2D eigenvalue weighted by atomic mass is 9.72. The SMILES string of the molecule is COC(=O)c1ccc(C2=CCC(C(C)(C)C)CC2)cc1. The summed E-state index contributed by atoms with van der Waals surface area (Å²) in [6.45, 7) is 6.96. The van der Waals surface area contributed by atoms with E-state index in [1.54, 1.807) is 0 Å². The van der Waals surface area contributed by atoms with Crippen LogP contribution >= 0.6 is 0 Å². The van der Waals surface area contributed by atoms with Crippen LogP contribution in [0.4, 0.5) is 0 Å². The van der Waals surface area contributed by atoms with Crippen LogP contribution in [0.5, 0.6) is 0 Å². The van der Waals surface area contributed by atoms with Crippen LogP contribution in [0, 0.1) is 11.3 Å². The highest BCUT2D eigenvalue weighted by Crippen LogP contribution is 2.39. The fraction of sp³-hybridized carbons (Fsp3) is 0.500. The Hall–Kier alpha value is -1.57. The molecule has 1 unspecified atom stereocenters. The molecule has 0 aromatic heterocycles. The summed E-state index contributed by atoms with van der Waals surface area (Å²) in [7, 11) is 1.41. The van der Waals surface area contributed by atoms with E-state index in [1.165, 1.54) is 24.7 Å². The highest BCUT2D eigenvalue weighted by atomic mass is 16.5. The number of carbonyl (C=O) groups excluding carboxylic acids is 1. The molecular weight excluding hydrogens is 248 g/mol. The molecule has 2 nitrogen and oxygen atoms in total. The van der Waals surface area contributed by atoms with Gasteiger partial charge in [-0.3, -0.25) is 0 Å². The third kappa shape index (κ3) is 3.30. The number of benzene rings is 1. The molecule has 0 radical (unpaired) electrons. The topological polar surface area (TPSA) is 26.3 Å². The van der Waals surface area contributed by atoms with Crippen LogP contribution < -0.4 is 0 Å². The summed E-state index contributed by atoms with van der Waals surface area (Å²) in [4.78, 5) is 11.4. The molecule has 0 N–H and O–H groups in total. The van der Waals surface area contributed by atoms with Gasteiger partial charge in [0.05, 0.1) is 12.7 Å². The van der Waals surface area contributed by atoms with Gasteiger partial charge in [-0.05, 0) is 53.9 Å². The van der Waals surface area contributed by atoms with Crippen molar-refractivity contribution in [3.63, 3.8) is 0 Å². The fourth-order valence-corrected chi connectivity index (χ4v) is 2.82. The Labute approximate surface area is 121 Å². The molecule has 1 aromatic rings. The smallest absolute Gasteiger partial charge is 0.337 e. The first-order valence-electron chi connectivity index (χ1n) is 7.29. The van der Waals surface area contributed by atoms with Gasteiger partial charge in [-0.2, -0.15) is 0 Å². The molecule has 0 saturated carbocycles. The van der Waals surface area contributed by atoms with Gasteiger partial charge in [0.25, 0.3) is 0 Å². The molecular formula is C18H24O2. The lowest BCUT2D eigenvalue weighted by molar-refractivity contribution is 0.0600. The number of carbonyl (C=O) groups is 1. The summed E-state index contributed by atoms with van der Waals surface area (Å²) < 4.78 is 4.72. The molecule has 1 aliphatic carbocycles. The minimum Gasteiger partial charge on any atom is -0.465 e. The minimum absolute atomic E-state index is 0.276. The van der Waals surface area contributed by atoms with Crippen molar-refractivity contribution in [3.8, 4) is 0 Å².